The number of benzene rings is 2. The lowest BCUT2D eigenvalue weighted by atomic mass is 9.87. The monoisotopic (exact) mass is 554 g/mol. The summed E-state index contributed by atoms with van der Waals surface area (Å²) in [6.45, 7) is 0.769. The van der Waals surface area contributed by atoms with E-state index in [-0.39, 0.29) is 30.4 Å². The van der Waals surface area contributed by atoms with Crippen LogP contribution < -0.4 is 20.1 Å². The van der Waals surface area contributed by atoms with Crippen molar-refractivity contribution in [3.8, 4) is 11.5 Å². The fraction of sp³-hybridized carbons (Fsp3) is 0.464. The zero-order chi connectivity index (χ0) is 26.7. The number of hydrogen-bond acceptors (Lipinski definition) is 6. The van der Waals surface area contributed by atoms with Crippen LogP contribution in [0.3, 0.4) is 0 Å². The predicted molar refractivity (Wildman–Crippen MR) is 154 cm³/mol. The van der Waals surface area contributed by atoms with Crippen LogP contribution in [0.1, 0.15) is 37.3 Å². The molecule has 1 aliphatic carbocycles. The topological polar surface area (TPSA) is 83.1 Å². The zero-order valence-corrected chi connectivity index (χ0v) is 23.4. The van der Waals surface area contributed by atoms with E-state index in [4.69, 9.17) is 21.7 Å². The minimum atomic E-state index is -0.915. The number of nitrogens with zero attached hydrogens (tertiary/aromatic N) is 2. The molecule has 0 bridgehead atoms. The van der Waals surface area contributed by atoms with Gasteiger partial charge in [-0.3, -0.25) is 9.59 Å². The lowest BCUT2D eigenvalue weighted by Gasteiger charge is -2.45. The molecular formula is C28H34N4O4S2. The lowest BCUT2D eigenvalue weighted by Crippen LogP contribution is -2.63. The van der Waals surface area contributed by atoms with Gasteiger partial charge in [0.25, 0.3) is 5.91 Å². The summed E-state index contributed by atoms with van der Waals surface area (Å²) < 4.78 is 10.8. The van der Waals surface area contributed by atoms with Crippen molar-refractivity contribution in [1.29, 1.82) is 0 Å². The maximum atomic E-state index is 14.1. The van der Waals surface area contributed by atoms with Crippen LogP contribution in [0.5, 0.6) is 11.5 Å². The number of hydrogen-bond donors (Lipinski definition) is 2. The van der Waals surface area contributed by atoms with Gasteiger partial charge in [0.05, 0.1) is 32.5 Å². The van der Waals surface area contributed by atoms with Crippen molar-refractivity contribution in [3.63, 3.8) is 0 Å². The van der Waals surface area contributed by atoms with Crippen molar-refractivity contribution < 1.29 is 19.1 Å². The molecule has 0 spiro atoms. The van der Waals surface area contributed by atoms with Crippen LogP contribution in [0.15, 0.2) is 48.5 Å². The van der Waals surface area contributed by atoms with E-state index >= 15 is 0 Å². The van der Waals surface area contributed by atoms with Crippen LogP contribution in [0.25, 0.3) is 0 Å². The van der Waals surface area contributed by atoms with Gasteiger partial charge in [-0.1, -0.05) is 30.3 Å². The van der Waals surface area contributed by atoms with Crippen LogP contribution >= 0.6 is 24.0 Å². The third-order valence-electron chi connectivity index (χ3n) is 7.56. The van der Waals surface area contributed by atoms with E-state index in [9.17, 15) is 9.59 Å². The number of ether oxygens (including phenoxy) is 2. The maximum Gasteiger partial charge on any atom is 0.250 e. The Morgan fingerprint density at radius 3 is 2.53 bits per heavy atom. The number of carbonyl (C=O) groups excluding carboxylic acids is 2. The molecule has 8 nitrogen and oxygen atoms in total. The molecular weight excluding hydrogens is 520 g/mol. The van der Waals surface area contributed by atoms with Gasteiger partial charge in [-0.15, -0.1) is 0 Å². The van der Waals surface area contributed by atoms with Crippen LogP contribution in [0.2, 0.25) is 0 Å². The van der Waals surface area contributed by atoms with Crippen molar-refractivity contribution in [2.24, 2.45) is 0 Å². The lowest BCUT2D eigenvalue weighted by molar-refractivity contribution is -0.147. The van der Waals surface area contributed by atoms with Gasteiger partial charge in [-0.2, -0.15) is 11.8 Å². The summed E-state index contributed by atoms with van der Waals surface area (Å²) in [5, 5.41) is 7.03. The molecule has 10 heteroatoms. The Balaban J connectivity index is 1.37. The van der Waals surface area contributed by atoms with Gasteiger partial charge in [0.2, 0.25) is 5.91 Å². The largest absolute Gasteiger partial charge is 0.497 e. The third-order valence-corrected chi connectivity index (χ3v) is 8.92. The van der Waals surface area contributed by atoms with Crippen LogP contribution in [-0.4, -0.2) is 77.1 Å². The van der Waals surface area contributed by atoms with Gasteiger partial charge >= 0.3 is 0 Å². The number of rotatable bonds is 9. The van der Waals surface area contributed by atoms with E-state index in [0.717, 1.165) is 29.9 Å². The number of thioether (sulfide) groups is 1. The molecule has 3 aliphatic rings. The highest BCUT2D eigenvalue weighted by Gasteiger charge is 2.52. The molecule has 1 unspecified atom stereocenters. The predicted octanol–water partition coefficient (Wildman–Crippen LogP) is 3.83. The van der Waals surface area contributed by atoms with E-state index in [1.54, 1.807) is 32.4 Å². The SMILES string of the molecule is COc1ccc(NC(=O)C2(N(C(=O)CN3CC(c4ccccc4)NC3=S)C3CC3)CCSCC2)c(OC)c1. The van der Waals surface area contributed by atoms with E-state index in [1.807, 2.05) is 39.8 Å². The molecule has 2 saturated heterocycles. The number of nitrogens with one attached hydrogen (secondary N) is 2. The first-order valence-electron chi connectivity index (χ1n) is 13.0. The molecule has 202 valence electrons. The highest BCUT2D eigenvalue weighted by atomic mass is 32.2. The second-order valence-electron chi connectivity index (χ2n) is 9.95. The molecule has 0 radical (unpaired) electrons. The summed E-state index contributed by atoms with van der Waals surface area (Å²) in [5.41, 5.74) is 0.786. The van der Waals surface area contributed by atoms with Gasteiger partial charge in [0.1, 0.15) is 17.0 Å². The van der Waals surface area contributed by atoms with Gasteiger partial charge < -0.3 is 29.9 Å². The van der Waals surface area contributed by atoms with E-state index in [0.29, 0.717) is 41.7 Å². The van der Waals surface area contributed by atoms with E-state index < -0.39 is 5.54 Å². The number of amides is 2. The highest BCUT2D eigenvalue weighted by Crippen LogP contribution is 2.42. The number of anilines is 1. The Morgan fingerprint density at radius 2 is 1.87 bits per heavy atom. The summed E-state index contributed by atoms with van der Waals surface area (Å²) in [7, 11) is 3.15. The van der Waals surface area contributed by atoms with E-state index in [2.05, 4.69) is 22.8 Å². The fourth-order valence-corrected chi connectivity index (χ4v) is 6.84. The first-order valence-corrected chi connectivity index (χ1v) is 14.6. The van der Waals surface area contributed by atoms with Crippen LogP contribution in [-0.2, 0) is 9.59 Å². The second-order valence-corrected chi connectivity index (χ2v) is 11.6. The van der Waals surface area contributed by atoms with Gasteiger partial charge in [0.15, 0.2) is 5.11 Å². The van der Waals surface area contributed by atoms with Gasteiger partial charge in [-0.05, 0) is 67.1 Å². The van der Waals surface area contributed by atoms with Gasteiger partial charge in [-0.25, -0.2) is 0 Å². The normalized spacial score (nSPS) is 20.4. The Morgan fingerprint density at radius 1 is 1.13 bits per heavy atom. The molecule has 2 aromatic rings. The minimum absolute atomic E-state index is 0.0387. The summed E-state index contributed by atoms with van der Waals surface area (Å²) in [5.74, 6) is 2.59. The summed E-state index contributed by atoms with van der Waals surface area (Å²) >= 11 is 7.44. The van der Waals surface area contributed by atoms with Gasteiger partial charge in [0, 0.05) is 18.7 Å². The third kappa shape index (κ3) is 5.42. The van der Waals surface area contributed by atoms with Crippen LogP contribution in [0.4, 0.5) is 5.69 Å². The number of methoxy groups -OCH3 is 2. The molecule has 5 rings (SSSR count). The molecule has 2 aromatic carbocycles. The summed E-state index contributed by atoms with van der Waals surface area (Å²) in [6.07, 6.45) is 3.04. The van der Waals surface area contributed by atoms with E-state index in [1.165, 1.54) is 0 Å². The zero-order valence-electron chi connectivity index (χ0n) is 21.8. The molecule has 2 heterocycles. The molecule has 38 heavy (non-hydrogen) atoms. The summed E-state index contributed by atoms with van der Waals surface area (Å²) in [4.78, 5) is 31.9. The van der Waals surface area contributed by atoms with Crippen molar-refractivity contribution in [3.05, 3.63) is 54.1 Å². The first kappa shape index (κ1) is 26.6. The maximum absolute atomic E-state index is 14.1. The van der Waals surface area contributed by atoms with Crippen LogP contribution in [0, 0.1) is 0 Å². The molecule has 2 N–H and O–H groups in total. The number of thiocarbonyl (C=S) groups is 1. The van der Waals surface area contributed by atoms with Crippen molar-refractivity contribution >= 4 is 46.6 Å². The fourth-order valence-electron chi connectivity index (χ4n) is 5.39. The molecule has 2 amide bonds. The quantitative estimate of drug-likeness (QED) is 0.453. The molecule has 2 aliphatic heterocycles. The highest BCUT2D eigenvalue weighted by molar-refractivity contribution is 7.99. The Hall–Kier alpha value is -2.98. The molecule has 0 aromatic heterocycles. The molecule has 3 fully saturated rings. The molecule has 1 saturated carbocycles. The Kier molecular flexibility index (Phi) is 7.99. The van der Waals surface area contributed by atoms with Crippen molar-refractivity contribution in [1.82, 2.24) is 15.1 Å². The van der Waals surface area contributed by atoms with Crippen molar-refractivity contribution in [2.45, 2.75) is 43.3 Å². The average molecular weight is 555 g/mol. The van der Waals surface area contributed by atoms with Crippen molar-refractivity contribution in [2.75, 3.05) is 44.1 Å². The standard InChI is InChI=1S/C28H34N4O4S2/c1-35-21-10-11-22(24(16-21)36-2)29-26(34)28(12-14-38-15-13-28)32(20-8-9-20)25(33)18-31-17-23(30-27(31)37)19-6-4-3-5-7-19/h3-7,10-11,16,20,23H,8-9,12-15,17-18H2,1-2H3,(H,29,34)(H,30,37). The minimum Gasteiger partial charge on any atom is -0.497 e. The summed E-state index contributed by atoms with van der Waals surface area (Å²) in [6, 6.07) is 15.5. The average Bonchev–Trinajstić information content (AvgIpc) is 3.71. The smallest absolute Gasteiger partial charge is 0.250 e. The Bertz CT molecular complexity index is 1180. The Labute approximate surface area is 233 Å². The molecule has 1 atom stereocenters. The number of carbonyl (C=O) groups is 2. The first-order chi connectivity index (χ1) is 18.4. The second kappa shape index (κ2) is 11.4.